The molecule has 3 heterocycles. The molecule has 0 bridgehead atoms. The SMILES string of the molecule is CC(=O)N1CSC[C@H]1C(=O)N[C@H]1CC2(CCOCC2)Oc2ccc(C)cc21. The molecule has 0 radical (unpaired) electrons. The molecule has 27 heavy (non-hydrogen) atoms. The van der Waals surface area contributed by atoms with Crippen molar-refractivity contribution in [3.05, 3.63) is 29.3 Å². The Hall–Kier alpha value is -1.73. The molecule has 146 valence electrons. The number of thioether (sulfide) groups is 1. The number of hydrogen-bond acceptors (Lipinski definition) is 5. The van der Waals surface area contributed by atoms with Gasteiger partial charge in [0.2, 0.25) is 11.8 Å². The number of ether oxygens (including phenoxy) is 2. The summed E-state index contributed by atoms with van der Waals surface area (Å²) in [6, 6.07) is 5.64. The van der Waals surface area contributed by atoms with E-state index >= 15 is 0 Å². The van der Waals surface area contributed by atoms with Crippen LogP contribution in [0.1, 0.15) is 43.4 Å². The van der Waals surface area contributed by atoms with E-state index in [0.29, 0.717) is 24.8 Å². The topological polar surface area (TPSA) is 67.9 Å². The molecule has 3 aliphatic rings. The van der Waals surface area contributed by atoms with Gasteiger partial charge in [-0.05, 0) is 13.0 Å². The Morgan fingerprint density at radius 1 is 1.30 bits per heavy atom. The summed E-state index contributed by atoms with van der Waals surface area (Å²) in [6.45, 7) is 4.93. The Kier molecular flexibility index (Phi) is 5.07. The van der Waals surface area contributed by atoms with Crippen molar-refractivity contribution in [1.29, 1.82) is 0 Å². The standard InChI is InChI=1S/C20H26N2O4S/c1-13-3-4-18-15(9-13)16(10-20(26-18)5-7-25-8-6-20)21-19(24)17-11-27-12-22(17)14(2)23/h3-4,9,16-17H,5-8,10-12H2,1-2H3,(H,21,24)/t16-,17-/m0/s1. The molecule has 0 unspecified atom stereocenters. The number of fused-ring (bicyclic) bond motifs is 1. The molecule has 0 saturated carbocycles. The Labute approximate surface area is 164 Å². The minimum atomic E-state index is -0.394. The van der Waals surface area contributed by atoms with Gasteiger partial charge in [-0.1, -0.05) is 17.7 Å². The highest BCUT2D eigenvalue weighted by Gasteiger charge is 2.44. The summed E-state index contributed by atoms with van der Waals surface area (Å²) in [7, 11) is 0. The molecule has 2 atom stereocenters. The van der Waals surface area contributed by atoms with E-state index in [4.69, 9.17) is 9.47 Å². The summed E-state index contributed by atoms with van der Waals surface area (Å²) < 4.78 is 11.9. The van der Waals surface area contributed by atoms with E-state index in [-0.39, 0.29) is 23.5 Å². The van der Waals surface area contributed by atoms with E-state index in [0.717, 1.165) is 36.1 Å². The van der Waals surface area contributed by atoms with Crippen molar-refractivity contribution in [2.75, 3.05) is 24.8 Å². The molecule has 3 aliphatic heterocycles. The lowest BCUT2D eigenvalue weighted by atomic mass is 9.81. The van der Waals surface area contributed by atoms with Gasteiger partial charge >= 0.3 is 0 Å². The first-order chi connectivity index (χ1) is 13.0. The lowest BCUT2D eigenvalue weighted by Gasteiger charge is -2.44. The molecule has 6 nitrogen and oxygen atoms in total. The van der Waals surface area contributed by atoms with Crippen molar-refractivity contribution in [2.45, 2.75) is 50.8 Å². The second kappa shape index (κ2) is 7.36. The minimum Gasteiger partial charge on any atom is -0.487 e. The van der Waals surface area contributed by atoms with Crippen molar-refractivity contribution in [3.63, 3.8) is 0 Å². The van der Waals surface area contributed by atoms with Crippen LogP contribution in [0, 0.1) is 6.92 Å². The first-order valence-electron chi connectivity index (χ1n) is 9.50. The average Bonchev–Trinajstić information content (AvgIpc) is 3.13. The first-order valence-corrected chi connectivity index (χ1v) is 10.7. The number of carbonyl (C=O) groups excluding carboxylic acids is 2. The fourth-order valence-corrected chi connectivity index (χ4v) is 5.42. The number of nitrogens with one attached hydrogen (secondary N) is 1. The molecule has 7 heteroatoms. The predicted molar refractivity (Wildman–Crippen MR) is 104 cm³/mol. The third kappa shape index (κ3) is 3.67. The molecule has 1 aromatic carbocycles. The van der Waals surface area contributed by atoms with Gasteiger partial charge in [-0.15, -0.1) is 11.8 Å². The van der Waals surface area contributed by atoms with Crippen molar-refractivity contribution in [2.24, 2.45) is 0 Å². The molecule has 0 aromatic heterocycles. The third-order valence-corrected chi connectivity index (χ3v) is 6.77. The first kappa shape index (κ1) is 18.6. The van der Waals surface area contributed by atoms with E-state index in [9.17, 15) is 9.59 Å². The Morgan fingerprint density at radius 3 is 2.81 bits per heavy atom. The number of aryl methyl sites for hydroxylation is 1. The van der Waals surface area contributed by atoms with E-state index < -0.39 is 6.04 Å². The highest BCUT2D eigenvalue weighted by molar-refractivity contribution is 7.99. The van der Waals surface area contributed by atoms with Gasteiger partial charge < -0.3 is 19.7 Å². The van der Waals surface area contributed by atoms with Crippen LogP contribution in [0.25, 0.3) is 0 Å². The van der Waals surface area contributed by atoms with Gasteiger partial charge in [0.15, 0.2) is 0 Å². The largest absolute Gasteiger partial charge is 0.487 e. The number of nitrogens with zero attached hydrogens (tertiary/aromatic N) is 1. The molecule has 1 aromatic rings. The van der Waals surface area contributed by atoms with Crippen molar-refractivity contribution in [3.8, 4) is 5.75 Å². The van der Waals surface area contributed by atoms with Crippen LogP contribution in [0.4, 0.5) is 0 Å². The van der Waals surface area contributed by atoms with Crippen LogP contribution < -0.4 is 10.1 Å². The fourth-order valence-electron chi connectivity index (χ4n) is 4.21. The lowest BCUT2D eigenvalue weighted by molar-refractivity contribution is -0.137. The summed E-state index contributed by atoms with van der Waals surface area (Å²) in [4.78, 5) is 26.5. The summed E-state index contributed by atoms with van der Waals surface area (Å²) in [5.74, 6) is 1.95. The van der Waals surface area contributed by atoms with Crippen molar-refractivity contribution < 1.29 is 19.1 Å². The molecular weight excluding hydrogens is 364 g/mol. The third-order valence-electron chi connectivity index (χ3n) is 5.75. The molecule has 1 N–H and O–H groups in total. The van der Waals surface area contributed by atoms with Crippen LogP contribution in [0.2, 0.25) is 0 Å². The normalized spacial score (nSPS) is 26.4. The molecule has 2 fully saturated rings. The van der Waals surface area contributed by atoms with Crippen LogP contribution >= 0.6 is 11.8 Å². The Morgan fingerprint density at radius 2 is 2.07 bits per heavy atom. The van der Waals surface area contributed by atoms with Crippen LogP contribution in [0.3, 0.4) is 0 Å². The van der Waals surface area contributed by atoms with Crippen LogP contribution in [-0.2, 0) is 14.3 Å². The van der Waals surface area contributed by atoms with E-state index in [1.54, 1.807) is 16.7 Å². The van der Waals surface area contributed by atoms with Crippen LogP contribution in [0.5, 0.6) is 5.75 Å². The molecule has 4 rings (SSSR count). The zero-order chi connectivity index (χ0) is 19.0. The zero-order valence-electron chi connectivity index (χ0n) is 15.8. The number of amides is 2. The number of hydrogen-bond donors (Lipinski definition) is 1. The smallest absolute Gasteiger partial charge is 0.244 e. The maximum Gasteiger partial charge on any atom is 0.244 e. The zero-order valence-corrected chi connectivity index (χ0v) is 16.6. The van der Waals surface area contributed by atoms with Crippen LogP contribution in [-0.4, -0.2) is 53.2 Å². The molecule has 1 spiro atoms. The predicted octanol–water partition coefficient (Wildman–Crippen LogP) is 2.41. The quantitative estimate of drug-likeness (QED) is 0.840. The van der Waals surface area contributed by atoms with Gasteiger partial charge in [0.1, 0.15) is 17.4 Å². The van der Waals surface area contributed by atoms with Gasteiger partial charge in [0.25, 0.3) is 0 Å². The monoisotopic (exact) mass is 390 g/mol. The summed E-state index contributed by atoms with van der Waals surface area (Å²) >= 11 is 1.62. The fraction of sp³-hybridized carbons (Fsp3) is 0.600. The number of carbonyl (C=O) groups is 2. The maximum absolute atomic E-state index is 13.0. The van der Waals surface area contributed by atoms with Gasteiger partial charge in [-0.3, -0.25) is 9.59 Å². The molecule has 0 aliphatic carbocycles. The second-order valence-electron chi connectivity index (χ2n) is 7.71. The average molecular weight is 391 g/mol. The Balaban J connectivity index is 1.59. The molecular formula is C20H26N2O4S. The lowest BCUT2D eigenvalue weighted by Crippen LogP contribution is -2.52. The number of benzene rings is 1. The Bertz CT molecular complexity index is 747. The summed E-state index contributed by atoms with van der Waals surface area (Å²) in [5, 5.41) is 3.23. The van der Waals surface area contributed by atoms with E-state index in [1.807, 2.05) is 19.1 Å². The second-order valence-corrected chi connectivity index (χ2v) is 8.71. The molecule has 2 amide bonds. The highest BCUT2D eigenvalue weighted by atomic mass is 32.2. The summed E-state index contributed by atoms with van der Waals surface area (Å²) in [5.41, 5.74) is 1.88. The van der Waals surface area contributed by atoms with Gasteiger partial charge in [-0.25, -0.2) is 0 Å². The van der Waals surface area contributed by atoms with E-state index in [1.165, 1.54) is 6.92 Å². The minimum absolute atomic E-state index is 0.0516. The van der Waals surface area contributed by atoms with Gasteiger partial charge in [0, 0.05) is 37.5 Å². The van der Waals surface area contributed by atoms with Crippen LogP contribution in [0.15, 0.2) is 18.2 Å². The highest BCUT2D eigenvalue weighted by Crippen LogP contribution is 2.44. The maximum atomic E-state index is 13.0. The summed E-state index contributed by atoms with van der Waals surface area (Å²) in [6.07, 6.45) is 2.38. The van der Waals surface area contributed by atoms with Gasteiger partial charge in [0.05, 0.1) is 25.1 Å². The van der Waals surface area contributed by atoms with Crippen molar-refractivity contribution in [1.82, 2.24) is 10.2 Å². The van der Waals surface area contributed by atoms with Crippen molar-refractivity contribution >= 4 is 23.6 Å². The van der Waals surface area contributed by atoms with Gasteiger partial charge in [-0.2, -0.15) is 0 Å². The van der Waals surface area contributed by atoms with E-state index in [2.05, 4.69) is 11.4 Å². The molecule has 2 saturated heterocycles. The number of rotatable bonds is 2.